The van der Waals surface area contributed by atoms with E-state index >= 15 is 0 Å². The van der Waals surface area contributed by atoms with Crippen LogP contribution in [0, 0.1) is 12.7 Å². The Labute approximate surface area is 183 Å². The molecule has 0 radical (unpaired) electrons. The molecule has 2 aromatic heterocycles. The number of ether oxygens (including phenoxy) is 1. The van der Waals surface area contributed by atoms with Crippen molar-refractivity contribution >= 4 is 43.4 Å². The van der Waals surface area contributed by atoms with Gasteiger partial charge in [0.2, 0.25) is 5.91 Å². The van der Waals surface area contributed by atoms with E-state index in [1.54, 1.807) is 13.0 Å². The Bertz CT molecular complexity index is 1280. The predicted molar refractivity (Wildman–Crippen MR) is 116 cm³/mol. The summed E-state index contributed by atoms with van der Waals surface area (Å²) in [6.45, 7) is 2.42. The summed E-state index contributed by atoms with van der Waals surface area (Å²) in [4.78, 5) is 39.3. The molecule has 30 heavy (non-hydrogen) atoms. The van der Waals surface area contributed by atoms with E-state index in [0.717, 1.165) is 13.9 Å². The highest BCUT2D eigenvalue weighted by molar-refractivity contribution is 9.11. The number of carbonyl (C=O) groups excluding carboxylic acids is 1. The van der Waals surface area contributed by atoms with Crippen LogP contribution in [0.2, 0.25) is 0 Å². The van der Waals surface area contributed by atoms with Crippen molar-refractivity contribution in [3.8, 4) is 5.75 Å². The van der Waals surface area contributed by atoms with Gasteiger partial charge >= 0.3 is 5.69 Å². The molecule has 3 aromatic rings. The third kappa shape index (κ3) is 3.37. The maximum Gasteiger partial charge on any atom is 0.332 e. The quantitative estimate of drug-likeness (QED) is 0.589. The third-order valence-corrected chi connectivity index (χ3v) is 7.55. The fourth-order valence-electron chi connectivity index (χ4n) is 3.81. The van der Waals surface area contributed by atoms with Crippen molar-refractivity contribution in [2.45, 2.75) is 32.4 Å². The van der Waals surface area contributed by atoms with Crippen molar-refractivity contribution in [1.29, 1.82) is 0 Å². The minimum atomic E-state index is -0.831. The highest BCUT2D eigenvalue weighted by atomic mass is 79.9. The monoisotopic (exact) mass is 495 g/mol. The Balaban J connectivity index is 1.88. The first-order valence-electron chi connectivity index (χ1n) is 9.37. The molecule has 0 spiro atoms. The summed E-state index contributed by atoms with van der Waals surface area (Å²) in [5.74, 6) is -0.211. The van der Waals surface area contributed by atoms with Gasteiger partial charge in [-0.2, -0.15) is 0 Å². The number of amides is 1. The van der Waals surface area contributed by atoms with Crippen molar-refractivity contribution in [3.63, 3.8) is 0 Å². The van der Waals surface area contributed by atoms with E-state index in [0.29, 0.717) is 40.9 Å². The lowest BCUT2D eigenvalue weighted by atomic mass is 10.1. The van der Waals surface area contributed by atoms with Gasteiger partial charge in [0.05, 0.1) is 16.3 Å². The number of carbonyl (C=O) groups is 1. The minimum Gasteiger partial charge on any atom is -0.496 e. The lowest BCUT2D eigenvalue weighted by Crippen LogP contribution is -2.44. The van der Waals surface area contributed by atoms with Gasteiger partial charge in [-0.1, -0.05) is 0 Å². The van der Waals surface area contributed by atoms with Crippen LogP contribution in [-0.2, 0) is 17.8 Å². The minimum absolute atomic E-state index is 0.205. The molecule has 1 unspecified atom stereocenters. The van der Waals surface area contributed by atoms with Gasteiger partial charge in [0.15, 0.2) is 0 Å². The Morgan fingerprint density at radius 1 is 1.33 bits per heavy atom. The van der Waals surface area contributed by atoms with Crippen LogP contribution in [0.4, 0.5) is 4.39 Å². The topological polar surface area (TPSA) is 82.3 Å². The Hall–Kier alpha value is -2.46. The van der Waals surface area contributed by atoms with Crippen molar-refractivity contribution in [1.82, 2.24) is 14.5 Å². The maximum absolute atomic E-state index is 13.7. The van der Waals surface area contributed by atoms with E-state index in [2.05, 4.69) is 21.2 Å². The largest absolute Gasteiger partial charge is 0.496 e. The SMILES string of the molecule is COc1ccc(F)cc1CCn1c(=O)n(C2CCNC2=O)c(=O)c2c(C)c(Br)sc21. The first kappa shape index (κ1) is 20.8. The number of benzene rings is 1. The fraction of sp³-hybridized carbons (Fsp3) is 0.350. The van der Waals surface area contributed by atoms with Crippen molar-refractivity contribution in [2.75, 3.05) is 13.7 Å². The molecule has 1 atom stereocenters. The summed E-state index contributed by atoms with van der Waals surface area (Å²) in [6.07, 6.45) is 0.696. The number of hydrogen-bond donors (Lipinski definition) is 1. The Kier molecular flexibility index (Phi) is 5.54. The molecule has 0 saturated carbocycles. The number of aryl methyl sites for hydroxylation is 3. The lowest BCUT2D eigenvalue weighted by molar-refractivity contribution is -0.122. The summed E-state index contributed by atoms with van der Waals surface area (Å²) >= 11 is 4.75. The van der Waals surface area contributed by atoms with Crippen LogP contribution < -0.4 is 21.3 Å². The molecule has 1 N–H and O–H groups in total. The van der Waals surface area contributed by atoms with Crippen molar-refractivity contribution in [3.05, 3.63) is 59.8 Å². The summed E-state index contributed by atoms with van der Waals surface area (Å²) in [7, 11) is 1.50. The molecule has 10 heteroatoms. The van der Waals surface area contributed by atoms with Gasteiger partial charge < -0.3 is 10.1 Å². The number of thiophene rings is 1. The number of aromatic nitrogens is 2. The number of hydrogen-bond acceptors (Lipinski definition) is 5. The van der Waals surface area contributed by atoms with Crippen LogP contribution in [0.15, 0.2) is 31.6 Å². The predicted octanol–water partition coefficient (Wildman–Crippen LogP) is 2.75. The number of methoxy groups -OCH3 is 1. The number of nitrogens with one attached hydrogen (secondary N) is 1. The van der Waals surface area contributed by atoms with Crippen molar-refractivity contribution < 1.29 is 13.9 Å². The highest BCUT2D eigenvalue weighted by Gasteiger charge is 2.31. The summed E-state index contributed by atoms with van der Waals surface area (Å²) in [6, 6.07) is 3.39. The number of halogens is 2. The molecule has 0 bridgehead atoms. The summed E-state index contributed by atoms with van der Waals surface area (Å²) < 4.78 is 22.3. The molecule has 158 valence electrons. The zero-order valence-corrected chi connectivity index (χ0v) is 18.7. The average Bonchev–Trinajstić information content (AvgIpc) is 3.25. The Morgan fingerprint density at radius 2 is 2.10 bits per heavy atom. The normalized spacial score (nSPS) is 16.3. The molecule has 1 saturated heterocycles. The summed E-state index contributed by atoms with van der Waals surface area (Å²) in [5, 5.41) is 3.09. The summed E-state index contributed by atoms with van der Waals surface area (Å²) in [5.41, 5.74) is 0.334. The number of fused-ring (bicyclic) bond motifs is 1. The van der Waals surface area contributed by atoms with Gasteiger partial charge in [-0.3, -0.25) is 14.2 Å². The molecular weight excluding hydrogens is 477 g/mol. The van der Waals surface area contributed by atoms with Crippen LogP contribution in [-0.4, -0.2) is 28.7 Å². The molecule has 1 aliphatic rings. The van der Waals surface area contributed by atoms with E-state index in [-0.39, 0.29) is 12.5 Å². The second-order valence-electron chi connectivity index (χ2n) is 7.09. The molecule has 0 aliphatic carbocycles. The van der Waals surface area contributed by atoms with Crippen LogP contribution in [0.1, 0.15) is 23.6 Å². The molecule has 3 heterocycles. The van der Waals surface area contributed by atoms with Gasteiger partial charge in [0.1, 0.15) is 22.4 Å². The van der Waals surface area contributed by atoms with Gasteiger partial charge in [-0.25, -0.2) is 13.8 Å². The molecule has 1 aliphatic heterocycles. The van der Waals surface area contributed by atoms with Gasteiger partial charge in [-0.15, -0.1) is 11.3 Å². The van der Waals surface area contributed by atoms with Crippen LogP contribution in [0.25, 0.3) is 10.2 Å². The smallest absolute Gasteiger partial charge is 0.332 e. The van der Waals surface area contributed by atoms with Crippen molar-refractivity contribution in [2.24, 2.45) is 0 Å². The molecular formula is C20H19BrFN3O4S. The highest BCUT2D eigenvalue weighted by Crippen LogP contribution is 2.33. The van der Waals surface area contributed by atoms with Crippen LogP contribution >= 0.6 is 27.3 Å². The van der Waals surface area contributed by atoms with E-state index < -0.39 is 23.1 Å². The molecule has 4 rings (SSSR count). The standard InChI is InChI=1S/C20H19BrFN3O4S/c1-10-15-18(27)25(13-5-7-23-17(13)26)20(28)24(19(15)30-16(10)21)8-6-11-9-12(22)3-4-14(11)29-2/h3-4,9,13H,5-8H2,1-2H3,(H,23,26). The number of rotatable bonds is 5. The fourth-order valence-corrected chi connectivity index (χ4v) is 5.52. The van der Waals surface area contributed by atoms with Gasteiger partial charge in [-0.05, 0) is 65.0 Å². The second-order valence-corrected chi connectivity index (χ2v) is 9.41. The van der Waals surface area contributed by atoms with E-state index in [9.17, 15) is 18.8 Å². The first-order chi connectivity index (χ1) is 14.3. The third-order valence-electron chi connectivity index (χ3n) is 5.36. The molecule has 7 nitrogen and oxygen atoms in total. The molecule has 1 aromatic carbocycles. The first-order valence-corrected chi connectivity index (χ1v) is 11.0. The van der Waals surface area contributed by atoms with Crippen LogP contribution in [0.5, 0.6) is 5.75 Å². The molecule has 1 fully saturated rings. The molecule has 1 amide bonds. The Morgan fingerprint density at radius 3 is 2.77 bits per heavy atom. The average molecular weight is 496 g/mol. The zero-order chi connectivity index (χ0) is 21.6. The van der Waals surface area contributed by atoms with Gasteiger partial charge in [0, 0.05) is 13.1 Å². The lowest BCUT2D eigenvalue weighted by Gasteiger charge is -2.16. The van der Waals surface area contributed by atoms with E-state index in [4.69, 9.17) is 4.74 Å². The van der Waals surface area contributed by atoms with E-state index in [1.807, 2.05) is 0 Å². The number of nitrogens with zero attached hydrogens (tertiary/aromatic N) is 2. The van der Waals surface area contributed by atoms with Gasteiger partial charge in [0.25, 0.3) is 5.56 Å². The zero-order valence-electron chi connectivity index (χ0n) is 16.3. The van der Waals surface area contributed by atoms with E-state index in [1.165, 1.54) is 35.1 Å². The second kappa shape index (κ2) is 7.99. The van der Waals surface area contributed by atoms with Crippen LogP contribution in [0.3, 0.4) is 0 Å². The maximum atomic E-state index is 13.7.